The van der Waals surface area contributed by atoms with E-state index < -0.39 is 10.0 Å². The van der Waals surface area contributed by atoms with Crippen LogP contribution in [0.15, 0.2) is 16.3 Å². The zero-order valence-electron chi connectivity index (χ0n) is 10.4. The molecule has 102 valence electrons. The molecule has 0 spiro atoms. The molecule has 2 fully saturated rings. The molecule has 2 unspecified atom stereocenters. The van der Waals surface area contributed by atoms with E-state index in [0.29, 0.717) is 17.3 Å². The van der Waals surface area contributed by atoms with E-state index in [4.69, 9.17) is 5.26 Å². The third-order valence-electron chi connectivity index (χ3n) is 3.88. The van der Waals surface area contributed by atoms with E-state index in [0.717, 1.165) is 37.3 Å². The lowest BCUT2D eigenvalue weighted by Crippen LogP contribution is -2.47. The summed E-state index contributed by atoms with van der Waals surface area (Å²) in [6.07, 6.45) is 2.01. The number of nitrogens with one attached hydrogen (secondary N) is 1. The van der Waals surface area contributed by atoms with E-state index in [-0.39, 0.29) is 10.3 Å². The van der Waals surface area contributed by atoms with Crippen molar-refractivity contribution >= 4 is 21.4 Å². The minimum Gasteiger partial charge on any atom is -0.315 e. The fourth-order valence-electron chi connectivity index (χ4n) is 2.96. The molecule has 2 aliphatic rings. The highest BCUT2D eigenvalue weighted by atomic mass is 32.2. The molecule has 2 atom stereocenters. The van der Waals surface area contributed by atoms with Crippen molar-refractivity contribution in [3.63, 3.8) is 0 Å². The highest BCUT2D eigenvalue weighted by molar-refractivity contribution is 7.91. The number of fused-ring (bicyclic) bond motifs is 1. The number of thiophene rings is 1. The number of rotatable bonds is 2. The molecule has 2 aliphatic heterocycles. The molecule has 19 heavy (non-hydrogen) atoms. The molecule has 0 amide bonds. The minimum atomic E-state index is -3.44. The average molecular weight is 297 g/mol. The van der Waals surface area contributed by atoms with Gasteiger partial charge >= 0.3 is 0 Å². The van der Waals surface area contributed by atoms with Gasteiger partial charge in [-0.25, -0.2) is 8.42 Å². The Morgan fingerprint density at radius 2 is 2.26 bits per heavy atom. The Labute approximate surface area is 116 Å². The van der Waals surface area contributed by atoms with Crippen molar-refractivity contribution < 1.29 is 8.42 Å². The maximum absolute atomic E-state index is 12.7. The molecule has 0 radical (unpaired) electrons. The number of nitriles is 1. The Morgan fingerprint density at radius 3 is 3.00 bits per heavy atom. The minimum absolute atomic E-state index is 0.0754. The van der Waals surface area contributed by atoms with Gasteiger partial charge in [0.15, 0.2) is 0 Å². The lowest BCUT2D eigenvalue weighted by atomic mass is 9.94. The molecular weight excluding hydrogens is 282 g/mol. The SMILES string of the molecule is N#Cc1ccc(S(=O)(=O)N2CCCC3CNCC32)s1. The van der Waals surface area contributed by atoms with E-state index in [1.165, 1.54) is 0 Å². The van der Waals surface area contributed by atoms with Crippen LogP contribution < -0.4 is 5.32 Å². The first-order chi connectivity index (χ1) is 9.13. The lowest BCUT2D eigenvalue weighted by molar-refractivity contribution is 0.218. The molecule has 1 aromatic heterocycles. The molecule has 3 heterocycles. The third kappa shape index (κ3) is 2.19. The summed E-state index contributed by atoms with van der Waals surface area (Å²) in [5.41, 5.74) is 0. The number of hydrogen-bond donors (Lipinski definition) is 1. The van der Waals surface area contributed by atoms with E-state index in [2.05, 4.69) is 5.32 Å². The Kier molecular flexibility index (Phi) is 3.35. The Balaban J connectivity index is 1.93. The summed E-state index contributed by atoms with van der Waals surface area (Å²) in [5, 5.41) is 12.1. The largest absolute Gasteiger partial charge is 0.315 e. The summed E-state index contributed by atoms with van der Waals surface area (Å²) >= 11 is 1.06. The van der Waals surface area contributed by atoms with Gasteiger partial charge in [-0.1, -0.05) is 0 Å². The molecule has 3 rings (SSSR count). The molecule has 1 aromatic rings. The van der Waals surface area contributed by atoms with Gasteiger partial charge in [-0.05, 0) is 37.4 Å². The predicted octanol–water partition coefficient (Wildman–Crippen LogP) is 0.992. The van der Waals surface area contributed by atoms with Crippen molar-refractivity contribution in [1.29, 1.82) is 5.26 Å². The number of piperidine rings is 1. The molecule has 7 heteroatoms. The second kappa shape index (κ2) is 4.87. The van der Waals surface area contributed by atoms with Gasteiger partial charge in [0.05, 0.1) is 0 Å². The molecule has 0 bridgehead atoms. The maximum Gasteiger partial charge on any atom is 0.252 e. The molecule has 0 aliphatic carbocycles. The van der Waals surface area contributed by atoms with Crippen LogP contribution in [0, 0.1) is 17.2 Å². The second-order valence-electron chi connectivity index (χ2n) is 4.97. The first kappa shape index (κ1) is 13.1. The maximum atomic E-state index is 12.7. The van der Waals surface area contributed by atoms with Crippen molar-refractivity contribution in [2.75, 3.05) is 19.6 Å². The van der Waals surface area contributed by atoms with Gasteiger partial charge in [0.2, 0.25) is 0 Å². The van der Waals surface area contributed by atoms with Crippen LogP contribution in [0.3, 0.4) is 0 Å². The van der Waals surface area contributed by atoms with Gasteiger partial charge in [-0.15, -0.1) is 11.3 Å². The van der Waals surface area contributed by atoms with Crippen LogP contribution in [0.1, 0.15) is 17.7 Å². The molecule has 2 saturated heterocycles. The summed E-state index contributed by atoms with van der Waals surface area (Å²) < 4.78 is 27.2. The first-order valence-corrected chi connectivity index (χ1v) is 8.61. The van der Waals surface area contributed by atoms with Gasteiger partial charge in [0.1, 0.15) is 15.2 Å². The lowest BCUT2D eigenvalue weighted by Gasteiger charge is -2.35. The van der Waals surface area contributed by atoms with Crippen molar-refractivity contribution in [1.82, 2.24) is 9.62 Å². The van der Waals surface area contributed by atoms with Gasteiger partial charge in [-0.2, -0.15) is 9.57 Å². The molecule has 5 nitrogen and oxygen atoms in total. The molecule has 0 saturated carbocycles. The highest BCUT2D eigenvalue weighted by Crippen LogP contribution is 2.33. The third-order valence-corrected chi connectivity index (χ3v) is 7.26. The predicted molar refractivity (Wildman–Crippen MR) is 72.3 cm³/mol. The van der Waals surface area contributed by atoms with Gasteiger partial charge < -0.3 is 5.32 Å². The highest BCUT2D eigenvalue weighted by Gasteiger charge is 2.41. The van der Waals surface area contributed by atoms with Crippen LogP contribution in [0.4, 0.5) is 0 Å². The Bertz CT molecular complexity index is 617. The van der Waals surface area contributed by atoms with Crippen molar-refractivity contribution in [2.45, 2.75) is 23.1 Å². The first-order valence-electron chi connectivity index (χ1n) is 6.35. The fourth-order valence-corrected chi connectivity index (χ4v) is 5.91. The van der Waals surface area contributed by atoms with E-state index >= 15 is 0 Å². The van der Waals surface area contributed by atoms with Crippen LogP contribution in [0.25, 0.3) is 0 Å². The fraction of sp³-hybridized carbons (Fsp3) is 0.583. The van der Waals surface area contributed by atoms with Crippen LogP contribution in [-0.2, 0) is 10.0 Å². The monoisotopic (exact) mass is 297 g/mol. The molecular formula is C12H15N3O2S2. The average Bonchev–Trinajstić information content (AvgIpc) is 3.06. The van der Waals surface area contributed by atoms with Crippen LogP contribution in [-0.4, -0.2) is 38.4 Å². The summed E-state index contributed by atoms with van der Waals surface area (Å²) in [6.45, 7) is 2.23. The van der Waals surface area contributed by atoms with E-state index in [1.807, 2.05) is 6.07 Å². The standard InChI is InChI=1S/C12H15N3O2S2/c13-6-10-3-4-12(18-10)19(16,17)15-5-1-2-9-7-14-8-11(9)15/h3-4,9,11,14H,1-2,5,7-8H2. The van der Waals surface area contributed by atoms with Crippen molar-refractivity contribution in [3.8, 4) is 6.07 Å². The second-order valence-corrected chi connectivity index (χ2v) is 8.18. The van der Waals surface area contributed by atoms with Gasteiger partial charge in [0.25, 0.3) is 10.0 Å². The summed E-state index contributed by atoms with van der Waals surface area (Å²) in [6, 6.07) is 5.19. The normalized spacial score (nSPS) is 27.9. The zero-order chi connectivity index (χ0) is 13.5. The van der Waals surface area contributed by atoms with Crippen LogP contribution >= 0.6 is 11.3 Å². The quantitative estimate of drug-likeness (QED) is 0.883. The van der Waals surface area contributed by atoms with Crippen molar-refractivity contribution in [2.24, 2.45) is 5.92 Å². The zero-order valence-corrected chi connectivity index (χ0v) is 12.0. The van der Waals surface area contributed by atoms with E-state index in [1.54, 1.807) is 16.4 Å². The number of sulfonamides is 1. The summed E-state index contributed by atoms with van der Waals surface area (Å²) in [4.78, 5) is 0.441. The number of hydrogen-bond acceptors (Lipinski definition) is 5. The van der Waals surface area contributed by atoms with E-state index in [9.17, 15) is 8.42 Å². The topological polar surface area (TPSA) is 73.2 Å². The van der Waals surface area contributed by atoms with Crippen LogP contribution in [0.2, 0.25) is 0 Å². The molecule has 0 aromatic carbocycles. The molecule has 1 N–H and O–H groups in total. The summed E-state index contributed by atoms with van der Waals surface area (Å²) in [5.74, 6) is 0.430. The summed E-state index contributed by atoms with van der Waals surface area (Å²) in [7, 11) is -3.44. The van der Waals surface area contributed by atoms with Gasteiger partial charge in [0, 0.05) is 19.1 Å². The Hall–Kier alpha value is -0.940. The van der Waals surface area contributed by atoms with Crippen LogP contribution in [0.5, 0.6) is 0 Å². The Morgan fingerprint density at radius 1 is 1.42 bits per heavy atom. The van der Waals surface area contributed by atoms with Crippen molar-refractivity contribution in [3.05, 3.63) is 17.0 Å². The number of nitrogens with zero attached hydrogens (tertiary/aromatic N) is 2. The van der Waals surface area contributed by atoms with Gasteiger partial charge in [-0.3, -0.25) is 0 Å². The smallest absolute Gasteiger partial charge is 0.252 e.